The lowest BCUT2D eigenvalue weighted by Gasteiger charge is -2.04. The lowest BCUT2D eigenvalue weighted by Crippen LogP contribution is -2.25. The van der Waals surface area contributed by atoms with Crippen molar-refractivity contribution in [1.82, 2.24) is 9.88 Å². The number of carbonyl (C=O) groups excluding carboxylic acids is 1. The molecule has 0 saturated carbocycles. The average molecular weight is 290 g/mol. The molecule has 0 aliphatic rings. The molecule has 0 aliphatic heterocycles. The molecule has 0 fully saturated rings. The van der Waals surface area contributed by atoms with E-state index in [9.17, 15) is 14.4 Å². The van der Waals surface area contributed by atoms with Crippen molar-refractivity contribution in [3.63, 3.8) is 0 Å². The molecule has 2 N–H and O–H groups in total. The van der Waals surface area contributed by atoms with Crippen LogP contribution in [0.1, 0.15) is 32.2 Å². The molecule has 0 bridgehead atoms. The summed E-state index contributed by atoms with van der Waals surface area (Å²) in [6.45, 7) is 1.58. The first-order chi connectivity index (χ1) is 9.88. The van der Waals surface area contributed by atoms with Gasteiger partial charge in [0, 0.05) is 24.9 Å². The Hall–Kier alpha value is -2.83. The highest BCUT2D eigenvalue weighted by atomic mass is 16.4. The molecule has 2 heterocycles. The Balaban J connectivity index is 2.07. The Labute approximate surface area is 119 Å². The number of aromatic nitrogens is 1. The zero-order valence-electron chi connectivity index (χ0n) is 11.5. The Morgan fingerprint density at radius 2 is 2.10 bits per heavy atom. The maximum atomic E-state index is 11.9. The second-order valence-electron chi connectivity index (χ2n) is 4.53. The average Bonchev–Trinajstić information content (AvgIpc) is 2.80. The maximum absolute atomic E-state index is 11.9. The van der Waals surface area contributed by atoms with Crippen molar-refractivity contribution in [1.29, 1.82) is 0 Å². The van der Waals surface area contributed by atoms with E-state index in [4.69, 9.17) is 9.52 Å². The lowest BCUT2D eigenvalue weighted by molar-refractivity contribution is 0.0694. The van der Waals surface area contributed by atoms with Gasteiger partial charge in [0.2, 0.25) is 0 Å². The van der Waals surface area contributed by atoms with Gasteiger partial charge in [-0.3, -0.25) is 9.59 Å². The minimum absolute atomic E-state index is 0.0438. The molecule has 0 unspecified atom stereocenters. The predicted octanol–water partition coefficient (Wildman–Crippen LogP) is 0.915. The molecule has 0 saturated heterocycles. The molecule has 0 aliphatic carbocycles. The van der Waals surface area contributed by atoms with E-state index in [0.717, 1.165) is 0 Å². The van der Waals surface area contributed by atoms with Crippen LogP contribution in [0.25, 0.3) is 0 Å². The fourth-order valence-corrected chi connectivity index (χ4v) is 1.80. The van der Waals surface area contributed by atoms with E-state index in [1.165, 1.54) is 35.9 Å². The number of nitrogens with zero attached hydrogens (tertiary/aromatic N) is 1. The monoisotopic (exact) mass is 290 g/mol. The summed E-state index contributed by atoms with van der Waals surface area (Å²) in [5, 5.41) is 11.5. The molecule has 0 spiro atoms. The summed E-state index contributed by atoms with van der Waals surface area (Å²) in [6, 6.07) is 4.11. The van der Waals surface area contributed by atoms with Crippen molar-refractivity contribution in [2.45, 2.75) is 13.5 Å². The van der Waals surface area contributed by atoms with Crippen LogP contribution in [0.3, 0.4) is 0 Å². The number of aromatic carboxylic acids is 1. The molecular weight excluding hydrogens is 276 g/mol. The summed E-state index contributed by atoms with van der Waals surface area (Å²) in [4.78, 5) is 34.2. The van der Waals surface area contributed by atoms with Crippen molar-refractivity contribution in [2.75, 3.05) is 0 Å². The van der Waals surface area contributed by atoms with Gasteiger partial charge in [0.25, 0.3) is 11.5 Å². The second kappa shape index (κ2) is 5.66. The van der Waals surface area contributed by atoms with E-state index in [2.05, 4.69) is 5.32 Å². The van der Waals surface area contributed by atoms with Crippen LogP contribution >= 0.6 is 0 Å². The number of nitrogens with one attached hydrogen (secondary N) is 1. The molecule has 0 aromatic carbocycles. The molecule has 21 heavy (non-hydrogen) atoms. The van der Waals surface area contributed by atoms with Crippen molar-refractivity contribution in [2.24, 2.45) is 7.05 Å². The van der Waals surface area contributed by atoms with Gasteiger partial charge in [-0.2, -0.15) is 0 Å². The zero-order valence-corrected chi connectivity index (χ0v) is 11.5. The molecule has 1 amide bonds. The Kier molecular flexibility index (Phi) is 3.93. The van der Waals surface area contributed by atoms with Crippen molar-refractivity contribution in [3.05, 3.63) is 57.4 Å². The molecule has 2 rings (SSSR count). The third-order valence-electron chi connectivity index (χ3n) is 2.99. The van der Waals surface area contributed by atoms with Crippen LogP contribution in [0.15, 0.2) is 33.6 Å². The topological polar surface area (TPSA) is 102 Å². The second-order valence-corrected chi connectivity index (χ2v) is 4.53. The number of aryl methyl sites for hydroxylation is 2. The van der Waals surface area contributed by atoms with Gasteiger partial charge >= 0.3 is 5.97 Å². The van der Waals surface area contributed by atoms with Gasteiger partial charge in [0.1, 0.15) is 17.1 Å². The van der Waals surface area contributed by atoms with Crippen LogP contribution < -0.4 is 10.9 Å². The maximum Gasteiger partial charge on any atom is 0.339 e. The summed E-state index contributed by atoms with van der Waals surface area (Å²) >= 11 is 0. The van der Waals surface area contributed by atoms with E-state index >= 15 is 0 Å². The molecule has 2 aromatic rings. The Morgan fingerprint density at radius 1 is 1.38 bits per heavy atom. The lowest BCUT2D eigenvalue weighted by atomic mass is 10.2. The number of carboxylic acids is 1. The van der Waals surface area contributed by atoms with Crippen LogP contribution in [-0.2, 0) is 13.6 Å². The van der Waals surface area contributed by atoms with E-state index < -0.39 is 11.9 Å². The Bertz CT molecular complexity index is 757. The van der Waals surface area contributed by atoms with Crippen LogP contribution in [0.5, 0.6) is 0 Å². The summed E-state index contributed by atoms with van der Waals surface area (Å²) in [5.74, 6) is -0.901. The first-order valence-corrected chi connectivity index (χ1v) is 6.16. The Morgan fingerprint density at radius 3 is 2.67 bits per heavy atom. The van der Waals surface area contributed by atoms with Crippen LogP contribution in [0.4, 0.5) is 0 Å². The normalized spacial score (nSPS) is 10.4. The third kappa shape index (κ3) is 3.19. The van der Waals surface area contributed by atoms with E-state index in [1.54, 1.807) is 7.05 Å². The molecule has 7 nitrogen and oxygen atoms in total. The van der Waals surface area contributed by atoms with Gasteiger partial charge in [-0.1, -0.05) is 0 Å². The zero-order chi connectivity index (χ0) is 15.6. The number of hydrogen-bond donors (Lipinski definition) is 2. The largest absolute Gasteiger partial charge is 0.478 e. The van der Waals surface area contributed by atoms with Crippen molar-refractivity contribution in [3.8, 4) is 0 Å². The summed E-state index contributed by atoms with van der Waals surface area (Å²) in [7, 11) is 1.59. The third-order valence-corrected chi connectivity index (χ3v) is 2.99. The standard InChI is InChI=1S/C14H14N2O5/c1-8-11(14(19)20)6-10(21-8)7-15-13(18)9-3-4-16(2)12(17)5-9/h3-6H,7H2,1-2H3,(H,15,18)(H,19,20). The quantitative estimate of drug-likeness (QED) is 0.871. The number of hydrogen-bond acceptors (Lipinski definition) is 4. The van der Waals surface area contributed by atoms with Gasteiger partial charge < -0.3 is 19.4 Å². The molecule has 110 valence electrons. The number of furan rings is 1. The van der Waals surface area contributed by atoms with Gasteiger partial charge in [-0.25, -0.2) is 4.79 Å². The smallest absolute Gasteiger partial charge is 0.339 e. The van der Waals surface area contributed by atoms with Crippen molar-refractivity contribution >= 4 is 11.9 Å². The van der Waals surface area contributed by atoms with Crippen molar-refractivity contribution < 1.29 is 19.1 Å². The van der Waals surface area contributed by atoms with Gasteiger partial charge in [0.05, 0.1) is 6.54 Å². The number of carbonyl (C=O) groups is 2. The van der Waals surface area contributed by atoms with Crippen LogP contribution in [-0.4, -0.2) is 21.6 Å². The minimum atomic E-state index is -1.08. The SMILES string of the molecule is Cc1oc(CNC(=O)c2ccn(C)c(=O)c2)cc1C(=O)O. The number of pyridine rings is 1. The van der Waals surface area contributed by atoms with Gasteiger partial charge in [-0.05, 0) is 19.1 Å². The number of amides is 1. The van der Waals surface area contributed by atoms with Crippen LogP contribution in [0.2, 0.25) is 0 Å². The first-order valence-electron chi connectivity index (χ1n) is 6.16. The highest BCUT2D eigenvalue weighted by Gasteiger charge is 2.14. The highest BCUT2D eigenvalue weighted by molar-refractivity contribution is 5.94. The number of carboxylic acid groups (broad SMARTS) is 1. The highest BCUT2D eigenvalue weighted by Crippen LogP contribution is 2.14. The number of rotatable bonds is 4. The van der Waals surface area contributed by atoms with Gasteiger partial charge in [0.15, 0.2) is 0 Å². The molecule has 0 radical (unpaired) electrons. The van der Waals surface area contributed by atoms with E-state index in [0.29, 0.717) is 5.76 Å². The summed E-state index contributed by atoms with van der Waals surface area (Å²) in [5.41, 5.74) is 0.0114. The summed E-state index contributed by atoms with van der Waals surface area (Å²) < 4.78 is 6.60. The fourth-order valence-electron chi connectivity index (χ4n) is 1.80. The molecule has 2 aromatic heterocycles. The molecule has 7 heteroatoms. The predicted molar refractivity (Wildman–Crippen MR) is 73.3 cm³/mol. The van der Waals surface area contributed by atoms with Crippen LogP contribution in [0, 0.1) is 6.92 Å². The van der Waals surface area contributed by atoms with Gasteiger partial charge in [-0.15, -0.1) is 0 Å². The molecular formula is C14H14N2O5. The molecule has 0 atom stereocenters. The minimum Gasteiger partial charge on any atom is -0.478 e. The summed E-state index contributed by atoms with van der Waals surface area (Å²) in [6.07, 6.45) is 1.50. The fraction of sp³-hybridized carbons (Fsp3) is 0.214. The van der Waals surface area contributed by atoms with E-state index in [1.807, 2.05) is 0 Å². The van der Waals surface area contributed by atoms with E-state index in [-0.39, 0.29) is 29.0 Å². The first kappa shape index (κ1) is 14.6.